The molecule has 1 aromatic carbocycles. The minimum Gasteiger partial charge on any atom is -0.327 e. The van der Waals surface area contributed by atoms with Crippen LogP contribution in [0.1, 0.15) is 25.1 Å². The average molecular weight is 251 g/mol. The van der Waals surface area contributed by atoms with Gasteiger partial charge in [0.05, 0.1) is 11.0 Å². The zero-order chi connectivity index (χ0) is 12.8. The normalized spacial score (nSPS) is 21.1. The van der Waals surface area contributed by atoms with Crippen molar-refractivity contribution in [3.05, 3.63) is 24.0 Å². The molecular formula is C15H18BN3. The number of imidazole rings is 1. The van der Waals surface area contributed by atoms with Gasteiger partial charge in [0.25, 0.3) is 0 Å². The van der Waals surface area contributed by atoms with Crippen LogP contribution < -0.4 is 5.46 Å². The van der Waals surface area contributed by atoms with E-state index < -0.39 is 0 Å². The van der Waals surface area contributed by atoms with Gasteiger partial charge in [0, 0.05) is 32.1 Å². The van der Waals surface area contributed by atoms with Crippen molar-refractivity contribution in [2.75, 3.05) is 13.1 Å². The molecule has 4 heteroatoms. The van der Waals surface area contributed by atoms with Crippen molar-refractivity contribution in [3.63, 3.8) is 0 Å². The molecule has 1 aromatic heterocycles. The molecule has 2 heterocycles. The van der Waals surface area contributed by atoms with Gasteiger partial charge in [-0.15, -0.1) is 0 Å². The third-order valence-electron chi connectivity index (χ3n) is 4.68. The molecule has 0 spiro atoms. The van der Waals surface area contributed by atoms with Gasteiger partial charge < -0.3 is 4.57 Å². The fourth-order valence-corrected chi connectivity index (χ4v) is 3.34. The first kappa shape index (κ1) is 11.5. The third-order valence-corrected chi connectivity index (χ3v) is 4.68. The van der Waals surface area contributed by atoms with Crippen molar-refractivity contribution in [1.82, 2.24) is 14.5 Å². The molecule has 96 valence electrons. The summed E-state index contributed by atoms with van der Waals surface area (Å²) in [4.78, 5) is 7.42. The molecule has 3 nitrogen and oxygen atoms in total. The number of aromatic nitrogens is 2. The zero-order valence-corrected chi connectivity index (χ0v) is 11.2. The summed E-state index contributed by atoms with van der Waals surface area (Å²) in [6.07, 6.45) is 5.25. The van der Waals surface area contributed by atoms with E-state index in [0.29, 0.717) is 0 Å². The maximum atomic E-state index is 5.84. The molecule has 1 aliphatic carbocycles. The van der Waals surface area contributed by atoms with Gasteiger partial charge in [-0.05, 0) is 25.0 Å². The number of nitrogens with zero attached hydrogens (tertiary/aromatic N) is 3. The van der Waals surface area contributed by atoms with E-state index in [1.807, 2.05) is 12.1 Å². The Morgan fingerprint density at radius 2 is 2.05 bits per heavy atom. The summed E-state index contributed by atoms with van der Waals surface area (Å²) >= 11 is 0. The number of hydrogen-bond acceptors (Lipinski definition) is 2. The Kier molecular flexibility index (Phi) is 2.66. The summed E-state index contributed by atoms with van der Waals surface area (Å²) in [5, 5.41) is 0. The molecule has 0 saturated heterocycles. The van der Waals surface area contributed by atoms with E-state index in [2.05, 4.69) is 15.5 Å². The Balaban J connectivity index is 1.66. The van der Waals surface area contributed by atoms with E-state index in [9.17, 15) is 0 Å². The lowest BCUT2D eigenvalue weighted by molar-refractivity contribution is 0.130. The van der Waals surface area contributed by atoms with E-state index in [0.717, 1.165) is 43.1 Å². The Morgan fingerprint density at radius 3 is 2.84 bits per heavy atom. The van der Waals surface area contributed by atoms with Gasteiger partial charge in [0.15, 0.2) is 0 Å². The fraction of sp³-hybridized carbons (Fsp3) is 0.533. The first-order valence-corrected chi connectivity index (χ1v) is 7.30. The Bertz CT molecular complexity index is 615. The maximum absolute atomic E-state index is 5.84. The first-order chi connectivity index (χ1) is 9.31. The van der Waals surface area contributed by atoms with Crippen molar-refractivity contribution in [3.8, 4) is 0 Å². The van der Waals surface area contributed by atoms with Crippen LogP contribution in [0.3, 0.4) is 0 Å². The van der Waals surface area contributed by atoms with Gasteiger partial charge in [-0.25, -0.2) is 4.98 Å². The third kappa shape index (κ3) is 1.89. The van der Waals surface area contributed by atoms with Crippen molar-refractivity contribution in [2.45, 2.75) is 38.3 Å². The summed E-state index contributed by atoms with van der Waals surface area (Å²) in [7, 11) is 5.84. The second-order valence-electron chi connectivity index (χ2n) is 5.80. The lowest BCUT2D eigenvalue weighted by Gasteiger charge is -2.36. The lowest BCUT2D eigenvalue weighted by atomic mass is 9.91. The average Bonchev–Trinajstić information content (AvgIpc) is 2.54. The van der Waals surface area contributed by atoms with Crippen molar-refractivity contribution >= 4 is 24.3 Å². The topological polar surface area (TPSA) is 21.1 Å². The molecule has 2 radical (unpaired) electrons. The smallest absolute Gasteiger partial charge is 0.113 e. The second-order valence-corrected chi connectivity index (χ2v) is 5.80. The minimum absolute atomic E-state index is 0.803. The van der Waals surface area contributed by atoms with Crippen molar-refractivity contribution < 1.29 is 0 Å². The number of benzene rings is 1. The summed E-state index contributed by atoms with van der Waals surface area (Å²) in [6, 6.07) is 6.92. The highest BCUT2D eigenvalue weighted by Crippen LogP contribution is 2.27. The van der Waals surface area contributed by atoms with E-state index in [4.69, 9.17) is 12.8 Å². The number of hydrogen-bond donors (Lipinski definition) is 0. The van der Waals surface area contributed by atoms with Crippen LogP contribution in [-0.4, -0.2) is 41.4 Å². The SMILES string of the molecule is [B]c1ccc2c(c1)nc1n2CCN(C2CCC2)CC1. The number of fused-ring (bicyclic) bond motifs is 3. The summed E-state index contributed by atoms with van der Waals surface area (Å²) < 4.78 is 2.38. The molecule has 0 atom stereocenters. The van der Waals surface area contributed by atoms with Crippen LogP contribution in [0.5, 0.6) is 0 Å². The quantitative estimate of drug-likeness (QED) is 0.711. The highest BCUT2D eigenvalue weighted by molar-refractivity contribution is 6.33. The lowest BCUT2D eigenvalue weighted by Crippen LogP contribution is -2.41. The summed E-state index contributed by atoms with van der Waals surface area (Å²) in [5.74, 6) is 1.22. The van der Waals surface area contributed by atoms with Crippen LogP contribution >= 0.6 is 0 Å². The molecule has 2 aromatic rings. The first-order valence-electron chi connectivity index (χ1n) is 7.30. The predicted molar refractivity (Wildman–Crippen MR) is 78.0 cm³/mol. The van der Waals surface area contributed by atoms with Crippen LogP contribution in [0.15, 0.2) is 18.2 Å². The largest absolute Gasteiger partial charge is 0.327 e. The molecule has 4 rings (SSSR count). The Morgan fingerprint density at radius 1 is 1.16 bits per heavy atom. The van der Waals surface area contributed by atoms with Gasteiger partial charge in [-0.2, -0.15) is 0 Å². The highest BCUT2D eigenvalue weighted by Gasteiger charge is 2.27. The molecule has 0 bridgehead atoms. The van der Waals surface area contributed by atoms with E-state index in [1.54, 1.807) is 0 Å². The summed E-state index contributed by atoms with van der Waals surface area (Å²) in [5.41, 5.74) is 3.09. The van der Waals surface area contributed by atoms with Gasteiger partial charge >= 0.3 is 0 Å². The zero-order valence-electron chi connectivity index (χ0n) is 11.2. The van der Waals surface area contributed by atoms with Gasteiger partial charge in [0.2, 0.25) is 0 Å². The van der Waals surface area contributed by atoms with Crippen LogP contribution in [0.25, 0.3) is 11.0 Å². The molecule has 2 aliphatic rings. The van der Waals surface area contributed by atoms with Crippen LogP contribution in [-0.2, 0) is 13.0 Å². The van der Waals surface area contributed by atoms with E-state index >= 15 is 0 Å². The van der Waals surface area contributed by atoms with E-state index in [-0.39, 0.29) is 0 Å². The highest BCUT2D eigenvalue weighted by atomic mass is 15.2. The molecule has 0 unspecified atom stereocenters. The standard InChI is InChI=1S/C15H18BN3/c16-11-4-5-14-13(10-11)17-15-6-7-18(8-9-19(14)15)12-2-1-3-12/h4-5,10,12H,1-3,6-9H2. The molecular weight excluding hydrogens is 233 g/mol. The minimum atomic E-state index is 0.803. The Labute approximate surface area is 115 Å². The van der Waals surface area contributed by atoms with Crippen molar-refractivity contribution in [1.29, 1.82) is 0 Å². The second kappa shape index (κ2) is 4.38. The number of rotatable bonds is 1. The van der Waals surface area contributed by atoms with Gasteiger partial charge in [0.1, 0.15) is 13.7 Å². The molecule has 0 amide bonds. The van der Waals surface area contributed by atoms with Crippen LogP contribution in [0, 0.1) is 0 Å². The maximum Gasteiger partial charge on any atom is 0.113 e. The van der Waals surface area contributed by atoms with Crippen LogP contribution in [0.2, 0.25) is 0 Å². The van der Waals surface area contributed by atoms with Gasteiger partial charge in [-0.3, -0.25) is 4.90 Å². The monoisotopic (exact) mass is 251 g/mol. The molecule has 19 heavy (non-hydrogen) atoms. The van der Waals surface area contributed by atoms with Gasteiger partial charge in [-0.1, -0.05) is 17.9 Å². The fourth-order valence-electron chi connectivity index (χ4n) is 3.34. The Hall–Kier alpha value is -1.29. The van der Waals surface area contributed by atoms with Crippen LogP contribution in [0.4, 0.5) is 0 Å². The van der Waals surface area contributed by atoms with E-state index in [1.165, 1.54) is 30.6 Å². The molecule has 1 saturated carbocycles. The predicted octanol–water partition coefficient (Wildman–Crippen LogP) is 1.24. The molecule has 0 N–H and O–H groups in total. The molecule has 1 aliphatic heterocycles. The molecule has 1 fully saturated rings. The van der Waals surface area contributed by atoms with Crippen molar-refractivity contribution in [2.24, 2.45) is 0 Å². The summed E-state index contributed by atoms with van der Waals surface area (Å²) in [6.45, 7) is 3.38.